The van der Waals surface area contributed by atoms with Gasteiger partial charge in [-0.25, -0.2) is 0 Å². The summed E-state index contributed by atoms with van der Waals surface area (Å²) >= 11 is 0. The molecule has 2 atom stereocenters. The van der Waals surface area contributed by atoms with Gasteiger partial charge in [0, 0.05) is 38.3 Å². The third-order valence-electron chi connectivity index (χ3n) is 4.55. The number of fused-ring (bicyclic) bond motifs is 1. The Balaban J connectivity index is 1.31. The van der Waals surface area contributed by atoms with E-state index in [-0.39, 0.29) is 0 Å². The maximum atomic E-state index is 2.64. The average molecular weight is 264 g/mol. The van der Waals surface area contributed by atoms with E-state index < -0.39 is 0 Å². The van der Waals surface area contributed by atoms with Gasteiger partial charge in [-0.15, -0.1) is 0 Å². The molecular formula is C18H20N2. The topological polar surface area (TPSA) is 6.25 Å². The van der Waals surface area contributed by atoms with E-state index in [9.17, 15) is 0 Å². The Hall–Kier alpha value is -1.64. The van der Waals surface area contributed by atoms with Crippen molar-refractivity contribution in [2.24, 2.45) is 0 Å². The zero-order valence-corrected chi connectivity index (χ0v) is 11.7. The molecule has 2 aliphatic rings. The number of hydrogen-bond donors (Lipinski definition) is 0. The lowest BCUT2D eigenvalue weighted by Gasteiger charge is -2.20. The van der Waals surface area contributed by atoms with Crippen molar-refractivity contribution in [2.45, 2.75) is 25.2 Å². The molecule has 0 aliphatic carbocycles. The van der Waals surface area contributed by atoms with E-state index in [0.717, 1.165) is 25.2 Å². The zero-order valence-electron chi connectivity index (χ0n) is 11.7. The van der Waals surface area contributed by atoms with Gasteiger partial charge in [0.25, 0.3) is 0 Å². The molecule has 0 bridgehead atoms. The Bertz CT molecular complexity index is 515. The van der Waals surface area contributed by atoms with Crippen LogP contribution in [0.15, 0.2) is 60.7 Å². The highest BCUT2D eigenvalue weighted by atomic mass is 15.4. The third kappa shape index (κ3) is 2.37. The molecule has 2 heteroatoms. The van der Waals surface area contributed by atoms with E-state index >= 15 is 0 Å². The molecule has 0 spiro atoms. The first-order valence-electron chi connectivity index (χ1n) is 7.46. The first kappa shape index (κ1) is 12.1. The highest BCUT2D eigenvalue weighted by Crippen LogP contribution is 2.37. The molecule has 2 heterocycles. The van der Waals surface area contributed by atoms with E-state index in [4.69, 9.17) is 0 Å². The summed E-state index contributed by atoms with van der Waals surface area (Å²) in [5, 5.41) is 0. The van der Waals surface area contributed by atoms with E-state index in [2.05, 4.69) is 70.5 Å². The summed E-state index contributed by atoms with van der Waals surface area (Å²) in [7, 11) is 0. The van der Waals surface area contributed by atoms with Gasteiger partial charge in [-0.3, -0.25) is 9.80 Å². The summed E-state index contributed by atoms with van der Waals surface area (Å²) < 4.78 is 0. The smallest absolute Gasteiger partial charge is 0.0399 e. The Morgan fingerprint density at radius 3 is 1.75 bits per heavy atom. The molecule has 20 heavy (non-hydrogen) atoms. The predicted molar refractivity (Wildman–Crippen MR) is 81.3 cm³/mol. The SMILES string of the molecule is c1ccc(CN2CC3C(C2)N3Cc2ccccc2)cc1. The van der Waals surface area contributed by atoms with Crippen LogP contribution >= 0.6 is 0 Å². The van der Waals surface area contributed by atoms with Gasteiger partial charge >= 0.3 is 0 Å². The van der Waals surface area contributed by atoms with Crippen molar-refractivity contribution in [1.29, 1.82) is 0 Å². The molecule has 0 N–H and O–H groups in total. The Kier molecular flexibility index (Phi) is 3.06. The summed E-state index contributed by atoms with van der Waals surface area (Å²) in [6.45, 7) is 4.68. The Morgan fingerprint density at radius 1 is 0.700 bits per heavy atom. The average Bonchev–Trinajstić information content (AvgIpc) is 2.95. The predicted octanol–water partition coefficient (Wildman–Crippen LogP) is 2.76. The molecule has 4 rings (SSSR count). The van der Waals surface area contributed by atoms with Gasteiger partial charge in [-0.05, 0) is 11.1 Å². The fourth-order valence-electron chi connectivity index (χ4n) is 3.45. The normalized spacial score (nSPS) is 28.3. The summed E-state index contributed by atoms with van der Waals surface area (Å²) in [5.74, 6) is 0. The molecule has 2 aromatic rings. The number of hydrogen-bond acceptors (Lipinski definition) is 2. The van der Waals surface area contributed by atoms with E-state index in [1.54, 1.807) is 0 Å². The molecular weight excluding hydrogens is 244 g/mol. The fourth-order valence-corrected chi connectivity index (χ4v) is 3.45. The largest absolute Gasteiger partial charge is 0.296 e. The van der Waals surface area contributed by atoms with Crippen molar-refractivity contribution in [2.75, 3.05) is 13.1 Å². The first-order valence-corrected chi connectivity index (χ1v) is 7.46. The molecule has 2 nitrogen and oxygen atoms in total. The van der Waals surface area contributed by atoms with Crippen molar-refractivity contribution in [3.8, 4) is 0 Å². The van der Waals surface area contributed by atoms with Gasteiger partial charge in [-0.2, -0.15) is 0 Å². The van der Waals surface area contributed by atoms with Crippen LogP contribution in [0.25, 0.3) is 0 Å². The maximum absolute atomic E-state index is 2.64. The van der Waals surface area contributed by atoms with Crippen molar-refractivity contribution in [3.05, 3.63) is 71.8 Å². The summed E-state index contributed by atoms with van der Waals surface area (Å²) in [6, 6.07) is 23.2. The third-order valence-corrected chi connectivity index (χ3v) is 4.55. The molecule has 102 valence electrons. The van der Waals surface area contributed by atoms with Crippen LogP contribution in [0.1, 0.15) is 11.1 Å². The molecule has 0 saturated carbocycles. The van der Waals surface area contributed by atoms with Gasteiger partial charge < -0.3 is 0 Å². The van der Waals surface area contributed by atoms with Gasteiger partial charge in [-0.1, -0.05) is 60.7 Å². The molecule has 2 saturated heterocycles. The minimum atomic E-state index is 0.791. The Labute approximate surface area is 120 Å². The second-order valence-electron chi connectivity index (χ2n) is 5.97. The van der Waals surface area contributed by atoms with E-state index in [0.29, 0.717) is 0 Å². The standard InChI is InChI=1S/C18H20N2/c1-3-7-15(8-4-1)11-19-13-17-18(14-19)20(17)12-16-9-5-2-6-10-16/h1-10,17-18H,11-14H2. The van der Waals surface area contributed by atoms with Crippen LogP contribution in [0.3, 0.4) is 0 Å². The molecule has 2 fully saturated rings. The molecule has 2 aromatic carbocycles. The highest BCUT2D eigenvalue weighted by molar-refractivity contribution is 5.20. The Morgan fingerprint density at radius 2 is 1.20 bits per heavy atom. The quantitative estimate of drug-likeness (QED) is 0.783. The molecule has 2 aliphatic heterocycles. The van der Waals surface area contributed by atoms with Crippen LogP contribution in [0, 0.1) is 0 Å². The highest BCUT2D eigenvalue weighted by Gasteiger charge is 2.52. The summed E-state index contributed by atoms with van der Waals surface area (Å²) in [6.07, 6.45) is 0. The monoisotopic (exact) mass is 264 g/mol. The van der Waals surface area contributed by atoms with Crippen molar-refractivity contribution >= 4 is 0 Å². The van der Waals surface area contributed by atoms with Gasteiger partial charge in [0.05, 0.1) is 0 Å². The lowest BCUT2D eigenvalue weighted by atomic mass is 10.2. The van der Waals surface area contributed by atoms with Crippen LogP contribution in [0.4, 0.5) is 0 Å². The molecule has 0 amide bonds. The van der Waals surface area contributed by atoms with Crippen LogP contribution < -0.4 is 0 Å². The number of likely N-dealkylation sites (tertiary alicyclic amines) is 1. The van der Waals surface area contributed by atoms with E-state index in [1.165, 1.54) is 24.2 Å². The minimum absolute atomic E-state index is 0.791. The van der Waals surface area contributed by atoms with Gasteiger partial charge in [0.15, 0.2) is 0 Å². The number of piperazine rings is 1. The molecule has 0 aromatic heterocycles. The van der Waals surface area contributed by atoms with Crippen LogP contribution in [0.5, 0.6) is 0 Å². The number of rotatable bonds is 4. The number of nitrogens with zero attached hydrogens (tertiary/aromatic N) is 2. The summed E-state index contributed by atoms with van der Waals surface area (Å²) in [4.78, 5) is 5.23. The summed E-state index contributed by atoms with van der Waals surface area (Å²) in [5.41, 5.74) is 2.87. The van der Waals surface area contributed by atoms with Crippen molar-refractivity contribution < 1.29 is 0 Å². The van der Waals surface area contributed by atoms with Crippen molar-refractivity contribution in [1.82, 2.24) is 9.80 Å². The van der Waals surface area contributed by atoms with Gasteiger partial charge in [0.1, 0.15) is 0 Å². The fraction of sp³-hybridized carbons (Fsp3) is 0.333. The lowest BCUT2D eigenvalue weighted by molar-refractivity contribution is 0.247. The maximum Gasteiger partial charge on any atom is 0.0399 e. The van der Waals surface area contributed by atoms with Crippen LogP contribution in [-0.4, -0.2) is 35.0 Å². The first-order chi connectivity index (χ1) is 9.90. The van der Waals surface area contributed by atoms with Crippen LogP contribution in [0.2, 0.25) is 0 Å². The second kappa shape index (κ2) is 5.04. The minimum Gasteiger partial charge on any atom is -0.296 e. The molecule has 2 unspecified atom stereocenters. The van der Waals surface area contributed by atoms with Crippen molar-refractivity contribution in [3.63, 3.8) is 0 Å². The van der Waals surface area contributed by atoms with Crippen LogP contribution in [-0.2, 0) is 13.1 Å². The lowest BCUT2D eigenvalue weighted by Crippen LogP contribution is -2.28. The van der Waals surface area contributed by atoms with E-state index in [1.807, 2.05) is 0 Å². The van der Waals surface area contributed by atoms with Gasteiger partial charge in [0.2, 0.25) is 0 Å². The number of benzene rings is 2. The zero-order chi connectivity index (χ0) is 13.4. The molecule has 0 radical (unpaired) electrons. The second-order valence-corrected chi connectivity index (χ2v) is 5.97.